The van der Waals surface area contributed by atoms with Gasteiger partial charge in [-0.2, -0.15) is 0 Å². The first-order chi connectivity index (χ1) is 41.2. The average molecular weight is 1080 g/mol. The normalized spacial score (nSPS) is 18.0. The molecule has 16 rings (SSSR count). The summed E-state index contributed by atoms with van der Waals surface area (Å²) in [6.45, 7) is 0. The molecule has 1 spiro atoms. The molecule has 10 aromatic carbocycles. The molecule has 0 unspecified atom stereocenters. The molecular formula is C81H78N2. The highest BCUT2D eigenvalue weighted by Crippen LogP contribution is 2.67. The van der Waals surface area contributed by atoms with Gasteiger partial charge in [0.15, 0.2) is 0 Å². The molecule has 0 N–H and O–H groups in total. The van der Waals surface area contributed by atoms with Gasteiger partial charge in [-0.15, -0.1) is 0 Å². The molecule has 0 aliphatic heterocycles. The van der Waals surface area contributed by atoms with Gasteiger partial charge in [-0.1, -0.05) is 223 Å². The monoisotopic (exact) mass is 1080 g/mol. The third kappa shape index (κ3) is 8.62. The van der Waals surface area contributed by atoms with Crippen molar-refractivity contribution in [3.63, 3.8) is 0 Å². The molecule has 412 valence electrons. The molecule has 0 aromatic heterocycles. The summed E-state index contributed by atoms with van der Waals surface area (Å²) in [5.41, 5.74) is 23.5. The SMILES string of the molecule is c1ccc2c(c1)-c1ccccc1C21c2cc(N(c3ccc(C4CCCCC4)cc3)c3ccc(C4CCCCC4)cc3)c3ccccc3c2-c2c1cc(N(c1ccc(C3CCCCC3)cc1)c1ccc(C3CCCCC3)cc1)c1ccccc21. The van der Waals surface area contributed by atoms with Gasteiger partial charge >= 0.3 is 0 Å². The maximum atomic E-state index is 2.67. The zero-order chi connectivity index (χ0) is 54.8. The van der Waals surface area contributed by atoms with Gasteiger partial charge in [0.2, 0.25) is 0 Å². The van der Waals surface area contributed by atoms with E-state index in [0.29, 0.717) is 23.7 Å². The van der Waals surface area contributed by atoms with E-state index in [1.165, 1.54) is 251 Å². The van der Waals surface area contributed by atoms with Crippen molar-refractivity contribution in [3.05, 3.63) is 251 Å². The molecule has 0 radical (unpaired) electrons. The number of rotatable bonds is 10. The first-order valence-electron chi connectivity index (χ1n) is 32.5. The lowest BCUT2D eigenvalue weighted by Crippen LogP contribution is -2.26. The highest BCUT2D eigenvalue weighted by atomic mass is 15.2. The lowest BCUT2D eigenvalue weighted by molar-refractivity contribution is 0.443. The van der Waals surface area contributed by atoms with Crippen LogP contribution in [0.2, 0.25) is 0 Å². The minimum absolute atomic E-state index is 0.627. The minimum Gasteiger partial charge on any atom is -0.310 e. The molecule has 83 heavy (non-hydrogen) atoms. The number of benzene rings is 10. The van der Waals surface area contributed by atoms with Crippen molar-refractivity contribution >= 4 is 55.7 Å². The number of nitrogens with zero attached hydrogens (tertiary/aromatic N) is 2. The van der Waals surface area contributed by atoms with Crippen LogP contribution in [-0.2, 0) is 5.41 Å². The second-order valence-electron chi connectivity index (χ2n) is 25.9. The Hall–Kier alpha value is -7.68. The molecule has 0 saturated heterocycles. The van der Waals surface area contributed by atoms with Crippen molar-refractivity contribution in [1.29, 1.82) is 0 Å². The Labute approximate surface area is 493 Å². The minimum atomic E-state index is -0.627. The molecule has 4 fully saturated rings. The number of fused-ring (bicyclic) bond motifs is 14. The van der Waals surface area contributed by atoms with E-state index in [1.54, 1.807) is 0 Å². The number of anilines is 6. The van der Waals surface area contributed by atoms with Gasteiger partial charge in [0.05, 0.1) is 16.8 Å². The van der Waals surface area contributed by atoms with Gasteiger partial charge in [0.25, 0.3) is 0 Å². The summed E-state index contributed by atoms with van der Waals surface area (Å²) in [4.78, 5) is 5.25. The topological polar surface area (TPSA) is 6.48 Å². The molecule has 0 atom stereocenters. The maximum Gasteiger partial charge on any atom is 0.0727 e. The van der Waals surface area contributed by atoms with E-state index in [9.17, 15) is 0 Å². The van der Waals surface area contributed by atoms with Crippen LogP contribution < -0.4 is 9.80 Å². The van der Waals surface area contributed by atoms with Gasteiger partial charge in [0, 0.05) is 33.5 Å². The highest BCUT2D eigenvalue weighted by molar-refractivity contribution is 6.19. The van der Waals surface area contributed by atoms with Gasteiger partial charge in [-0.3, -0.25) is 0 Å². The van der Waals surface area contributed by atoms with Crippen molar-refractivity contribution in [3.8, 4) is 22.3 Å². The highest BCUT2D eigenvalue weighted by Gasteiger charge is 2.53. The van der Waals surface area contributed by atoms with Crippen molar-refractivity contribution in [2.45, 2.75) is 158 Å². The van der Waals surface area contributed by atoms with Gasteiger partial charge in [-0.05, 0) is 213 Å². The van der Waals surface area contributed by atoms with E-state index in [0.717, 1.165) is 0 Å². The van der Waals surface area contributed by atoms with E-state index < -0.39 is 5.41 Å². The second kappa shape index (κ2) is 21.5. The molecule has 2 heteroatoms. The first kappa shape index (κ1) is 51.0. The van der Waals surface area contributed by atoms with Crippen LogP contribution in [0, 0.1) is 0 Å². The van der Waals surface area contributed by atoms with Crippen molar-refractivity contribution in [2.75, 3.05) is 9.80 Å². The van der Waals surface area contributed by atoms with E-state index >= 15 is 0 Å². The summed E-state index contributed by atoms with van der Waals surface area (Å²) < 4.78 is 0. The van der Waals surface area contributed by atoms with E-state index in [1.807, 2.05) is 0 Å². The van der Waals surface area contributed by atoms with Gasteiger partial charge in [0.1, 0.15) is 0 Å². The van der Waals surface area contributed by atoms with Crippen LogP contribution in [0.4, 0.5) is 34.1 Å². The largest absolute Gasteiger partial charge is 0.310 e. The summed E-state index contributed by atoms with van der Waals surface area (Å²) in [5, 5.41) is 5.14. The maximum absolute atomic E-state index is 2.67. The molecule has 6 aliphatic rings. The fourth-order valence-corrected chi connectivity index (χ4v) is 17.4. The molecule has 4 saturated carbocycles. The lowest BCUT2D eigenvalue weighted by Gasteiger charge is -2.34. The fraction of sp³-hybridized carbons (Fsp3) is 0.309. The predicted molar refractivity (Wildman–Crippen MR) is 350 cm³/mol. The van der Waals surface area contributed by atoms with Crippen molar-refractivity contribution in [1.82, 2.24) is 0 Å². The fourth-order valence-electron chi connectivity index (χ4n) is 17.4. The molecule has 10 aromatic rings. The molecule has 2 nitrogen and oxygen atoms in total. The Morgan fingerprint density at radius 2 is 0.518 bits per heavy atom. The Morgan fingerprint density at radius 3 is 0.819 bits per heavy atom. The number of hydrogen-bond donors (Lipinski definition) is 0. The molecule has 6 aliphatic carbocycles. The third-order valence-electron chi connectivity index (χ3n) is 21.4. The molecule has 0 amide bonds. The van der Waals surface area contributed by atoms with E-state index in [2.05, 4.69) is 216 Å². The van der Waals surface area contributed by atoms with Crippen LogP contribution in [-0.4, -0.2) is 0 Å². The standard InChI is InChI=1S/C81H78N2/c1-5-21-55(22-6-1)59-37-45-63(46-38-59)82(64-47-39-60(40-48-64)56-23-7-2-8-24-56)77-53-75-79(71-33-15-13-31-69(71)77)80-72-34-16-14-32-70(72)78(54-76(80)81(75)73-35-19-17-29-67(73)68-30-18-20-36-74(68)81)83(65-49-41-61(42-50-65)57-25-9-3-10-26-57)66-51-43-62(44-52-66)58-27-11-4-12-28-58/h13-20,29-58H,1-12,21-28H2. The van der Waals surface area contributed by atoms with Crippen LogP contribution in [0.25, 0.3) is 43.8 Å². The van der Waals surface area contributed by atoms with Crippen LogP contribution in [0.3, 0.4) is 0 Å². The second-order valence-corrected chi connectivity index (χ2v) is 25.9. The quantitative estimate of drug-likeness (QED) is 0.135. The Bertz CT molecular complexity index is 3610. The first-order valence-corrected chi connectivity index (χ1v) is 32.5. The van der Waals surface area contributed by atoms with Crippen LogP contribution in [0.1, 0.15) is 197 Å². The summed E-state index contributed by atoms with van der Waals surface area (Å²) in [6.07, 6.45) is 26.5. The van der Waals surface area contributed by atoms with Crippen LogP contribution >= 0.6 is 0 Å². The molecule has 0 bridgehead atoms. The zero-order valence-electron chi connectivity index (χ0n) is 48.5. The van der Waals surface area contributed by atoms with Crippen LogP contribution in [0.15, 0.2) is 206 Å². The summed E-state index contributed by atoms with van der Waals surface area (Å²) >= 11 is 0. The Kier molecular flexibility index (Phi) is 13.2. The summed E-state index contributed by atoms with van der Waals surface area (Å²) in [5.74, 6) is 2.56. The van der Waals surface area contributed by atoms with Crippen LogP contribution in [0.5, 0.6) is 0 Å². The van der Waals surface area contributed by atoms with Gasteiger partial charge < -0.3 is 9.80 Å². The lowest BCUT2D eigenvalue weighted by atomic mass is 9.70. The summed E-state index contributed by atoms with van der Waals surface area (Å²) in [7, 11) is 0. The smallest absolute Gasteiger partial charge is 0.0727 e. The third-order valence-corrected chi connectivity index (χ3v) is 21.4. The molecular weight excluding hydrogens is 1000 g/mol. The predicted octanol–water partition coefficient (Wildman–Crippen LogP) is 23.5. The van der Waals surface area contributed by atoms with Gasteiger partial charge in [-0.25, -0.2) is 0 Å². The van der Waals surface area contributed by atoms with Crippen molar-refractivity contribution in [2.24, 2.45) is 0 Å². The summed E-state index contributed by atoms with van der Waals surface area (Å²) in [6, 6.07) is 82.4. The average Bonchev–Trinajstić information content (AvgIpc) is 1.53. The van der Waals surface area contributed by atoms with E-state index in [4.69, 9.17) is 0 Å². The zero-order valence-corrected chi connectivity index (χ0v) is 48.5. The van der Waals surface area contributed by atoms with Crippen molar-refractivity contribution < 1.29 is 0 Å². The van der Waals surface area contributed by atoms with E-state index in [-0.39, 0.29) is 0 Å². The molecule has 0 heterocycles. The Morgan fingerprint density at radius 1 is 0.253 bits per heavy atom. The Balaban J connectivity index is 0.952. The number of hydrogen-bond acceptors (Lipinski definition) is 2.